The Hall–Kier alpha value is -1.93. The second-order valence-corrected chi connectivity index (χ2v) is 9.35. The molecule has 1 saturated heterocycles. The highest BCUT2D eigenvalue weighted by Crippen LogP contribution is 2.33. The number of nitrogens with one attached hydrogen (secondary N) is 1. The van der Waals surface area contributed by atoms with Gasteiger partial charge in [0.15, 0.2) is 0 Å². The molecule has 0 saturated carbocycles. The van der Waals surface area contributed by atoms with Gasteiger partial charge in [-0.3, -0.25) is 9.69 Å². The van der Waals surface area contributed by atoms with E-state index in [1.54, 1.807) is 6.92 Å². The minimum atomic E-state index is -0.936. The van der Waals surface area contributed by atoms with E-state index < -0.39 is 22.3 Å². The summed E-state index contributed by atoms with van der Waals surface area (Å²) in [6.07, 6.45) is 4.70. The number of rotatable bonds is 11. The van der Waals surface area contributed by atoms with Crippen molar-refractivity contribution in [3.05, 3.63) is 29.8 Å². The highest BCUT2D eigenvalue weighted by atomic mass is 32.2. The van der Waals surface area contributed by atoms with Crippen molar-refractivity contribution < 1.29 is 19.1 Å². The average Bonchev–Trinajstić information content (AvgIpc) is 2.68. The van der Waals surface area contributed by atoms with Gasteiger partial charge >= 0.3 is 6.09 Å². The maximum Gasteiger partial charge on any atom is 0.408 e. The fraction of sp³-hybridized carbons (Fsp3) is 0.636. The largest absolute Gasteiger partial charge is 0.470 e. The second kappa shape index (κ2) is 12.1. The number of ether oxygens (including phenoxy) is 2. The Balaban J connectivity index is 2.07. The number of primary amides is 1. The molecule has 0 bridgehead atoms. The van der Waals surface area contributed by atoms with E-state index in [2.05, 4.69) is 16.3 Å². The Morgan fingerprint density at radius 3 is 2.63 bits per heavy atom. The Bertz CT molecular complexity index is 697. The number of nitrogens with zero attached hydrogens (tertiary/aromatic N) is 1. The summed E-state index contributed by atoms with van der Waals surface area (Å²) in [6.45, 7) is 8.97. The number of amides is 2. The van der Waals surface area contributed by atoms with Crippen LogP contribution in [0.25, 0.3) is 0 Å². The molecule has 0 spiro atoms. The molecule has 168 valence electrons. The molecule has 8 heteroatoms. The van der Waals surface area contributed by atoms with E-state index in [1.165, 1.54) is 31.0 Å². The summed E-state index contributed by atoms with van der Waals surface area (Å²) >= 11 is 1.20. The van der Waals surface area contributed by atoms with E-state index >= 15 is 0 Å². The first-order valence-electron chi connectivity index (χ1n) is 10.7. The van der Waals surface area contributed by atoms with Gasteiger partial charge < -0.3 is 20.5 Å². The summed E-state index contributed by atoms with van der Waals surface area (Å²) in [5.41, 5.74) is 5.83. The lowest BCUT2D eigenvalue weighted by Crippen LogP contribution is -2.47. The monoisotopic (exact) mass is 437 g/mol. The molecule has 1 fully saturated rings. The van der Waals surface area contributed by atoms with Crippen LogP contribution in [0.15, 0.2) is 24.3 Å². The predicted molar refractivity (Wildman–Crippen MR) is 120 cm³/mol. The van der Waals surface area contributed by atoms with Crippen molar-refractivity contribution in [3.63, 3.8) is 0 Å². The molecule has 1 heterocycles. The Morgan fingerprint density at radius 1 is 1.27 bits per heavy atom. The number of thioether (sulfide) groups is 1. The van der Waals surface area contributed by atoms with E-state index in [0.29, 0.717) is 12.2 Å². The van der Waals surface area contributed by atoms with E-state index in [0.717, 1.165) is 31.6 Å². The van der Waals surface area contributed by atoms with Crippen LogP contribution in [0.3, 0.4) is 0 Å². The molecule has 7 nitrogen and oxygen atoms in total. The van der Waals surface area contributed by atoms with Crippen LogP contribution in [-0.4, -0.2) is 46.9 Å². The molecule has 2 atom stereocenters. The molecule has 2 amide bonds. The first-order chi connectivity index (χ1) is 14.3. The van der Waals surface area contributed by atoms with E-state index in [1.807, 2.05) is 32.0 Å². The van der Waals surface area contributed by atoms with Crippen molar-refractivity contribution in [2.45, 2.75) is 69.7 Å². The van der Waals surface area contributed by atoms with Crippen LogP contribution >= 0.6 is 11.8 Å². The molecule has 0 radical (unpaired) electrons. The van der Waals surface area contributed by atoms with Crippen molar-refractivity contribution in [1.29, 1.82) is 0 Å². The van der Waals surface area contributed by atoms with Gasteiger partial charge in [-0.25, -0.2) is 4.79 Å². The van der Waals surface area contributed by atoms with Crippen molar-refractivity contribution in [3.8, 4) is 5.75 Å². The Kier molecular flexibility index (Phi) is 9.78. The summed E-state index contributed by atoms with van der Waals surface area (Å²) in [6, 6.07) is 7.78. The van der Waals surface area contributed by atoms with Gasteiger partial charge in [0.1, 0.15) is 5.75 Å². The molecular weight excluding hydrogens is 402 g/mol. The number of likely N-dealkylation sites (tertiary alicyclic amines) is 1. The van der Waals surface area contributed by atoms with Crippen molar-refractivity contribution >= 4 is 23.8 Å². The van der Waals surface area contributed by atoms with Crippen LogP contribution in [0.4, 0.5) is 4.79 Å². The van der Waals surface area contributed by atoms with Gasteiger partial charge in [0, 0.05) is 6.54 Å². The van der Waals surface area contributed by atoms with Crippen LogP contribution in [0, 0.1) is 0 Å². The van der Waals surface area contributed by atoms with Crippen LogP contribution in [0.2, 0.25) is 0 Å². The molecule has 1 aromatic carbocycles. The lowest BCUT2D eigenvalue weighted by Gasteiger charge is -2.32. The molecule has 30 heavy (non-hydrogen) atoms. The zero-order valence-corrected chi connectivity index (χ0v) is 19.1. The SMILES string of the molecule is CCCC(C)(NC(=O)OCC)SC(Oc1cccc(CN2CCCCC2)c1)C(N)=O. The quantitative estimate of drug-likeness (QED) is 0.511. The molecular formula is C22H35N3O4S. The van der Waals surface area contributed by atoms with Crippen LogP contribution in [0.5, 0.6) is 5.75 Å². The third-order valence-corrected chi connectivity index (χ3v) is 6.33. The number of carbonyl (C=O) groups is 2. The van der Waals surface area contributed by atoms with Gasteiger partial charge in [-0.15, -0.1) is 0 Å². The fourth-order valence-electron chi connectivity index (χ4n) is 3.60. The number of carbonyl (C=O) groups excluding carboxylic acids is 2. The molecule has 1 aliphatic heterocycles. The highest BCUT2D eigenvalue weighted by molar-refractivity contribution is 8.01. The molecule has 0 aromatic heterocycles. The smallest absolute Gasteiger partial charge is 0.408 e. The molecule has 2 unspecified atom stereocenters. The maximum absolute atomic E-state index is 12.1. The second-order valence-electron chi connectivity index (χ2n) is 7.78. The number of piperidine rings is 1. The van der Waals surface area contributed by atoms with E-state index in [-0.39, 0.29) is 6.61 Å². The number of hydrogen-bond acceptors (Lipinski definition) is 6. The van der Waals surface area contributed by atoms with Gasteiger partial charge in [-0.2, -0.15) is 0 Å². The number of benzene rings is 1. The number of nitrogens with two attached hydrogens (primary N) is 1. The normalized spacial score (nSPS) is 17.6. The summed E-state index contributed by atoms with van der Waals surface area (Å²) < 4.78 is 11.0. The van der Waals surface area contributed by atoms with E-state index in [4.69, 9.17) is 15.2 Å². The third kappa shape index (κ3) is 8.07. The van der Waals surface area contributed by atoms with E-state index in [9.17, 15) is 9.59 Å². The summed E-state index contributed by atoms with van der Waals surface area (Å²) in [4.78, 5) is 25.8. The summed E-state index contributed by atoms with van der Waals surface area (Å²) in [7, 11) is 0. The average molecular weight is 438 g/mol. The Morgan fingerprint density at radius 2 is 2.00 bits per heavy atom. The maximum atomic E-state index is 12.1. The summed E-state index contributed by atoms with van der Waals surface area (Å²) in [5, 5.41) is 2.84. The van der Waals surface area contributed by atoms with Crippen molar-refractivity contribution in [2.24, 2.45) is 5.73 Å². The lowest BCUT2D eigenvalue weighted by atomic mass is 10.1. The molecule has 0 aliphatic carbocycles. The van der Waals surface area contributed by atoms with Gasteiger partial charge in [-0.05, 0) is 63.9 Å². The van der Waals surface area contributed by atoms with Crippen molar-refractivity contribution in [2.75, 3.05) is 19.7 Å². The third-order valence-electron chi connectivity index (χ3n) is 4.96. The van der Waals surface area contributed by atoms with Gasteiger partial charge in [0.05, 0.1) is 11.5 Å². The van der Waals surface area contributed by atoms with Crippen LogP contribution in [0.1, 0.15) is 58.4 Å². The zero-order chi connectivity index (χ0) is 22.0. The fourth-order valence-corrected chi connectivity index (χ4v) is 4.82. The molecule has 1 aliphatic rings. The molecule has 3 N–H and O–H groups in total. The standard InChI is InChI=1S/C22H35N3O4S/c1-4-12-22(3,24-21(27)28-5-2)30-20(19(23)26)29-18-11-9-10-17(15-18)16-25-13-7-6-8-14-25/h9-11,15,20H,4-8,12-14,16H2,1-3H3,(H2,23,26)(H,24,27). The van der Waals surface area contributed by atoms with Crippen molar-refractivity contribution in [1.82, 2.24) is 10.2 Å². The first kappa shape index (κ1) is 24.3. The number of alkyl carbamates (subject to hydrolysis) is 1. The molecule has 1 aromatic rings. The zero-order valence-electron chi connectivity index (χ0n) is 18.3. The molecule has 2 rings (SSSR count). The van der Waals surface area contributed by atoms with Gasteiger partial charge in [-0.1, -0.05) is 43.7 Å². The van der Waals surface area contributed by atoms with Crippen LogP contribution in [-0.2, 0) is 16.1 Å². The van der Waals surface area contributed by atoms with Gasteiger partial charge in [0.25, 0.3) is 5.91 Å². The van der Waals surface area contributed by atoms with Gasteiger partial charge in [0.2, 0.25) is 5.44 Å². The minimum absolute atomic E-state index is 0.276. The topological polar surface area (TPSA) is 93.9 Å². The predicted octanol–water partition coefficient (Wildman–Crippen LogP) is 3.86. The minimum Gasteiger partial charge on any atom is -0.470 e. The highest BCUT2D eigenvalue weighted by Gasteiger charge is 2.34. The van der Waals surface area contributed by atoms with Crippen LogP contribution < -0.4 is 15.8 Å². The Labute approximate surface area is 184 Å². The number of hydrogen-bond donors (Lipinski definition) is 2. The first-order valence-corrected chi connectivity index (χ1v) is 11.6. The summed E-state index contributed by atoms with van der Waals surface area (Å²) in [5.74, 6) is 0.00483. The lowest BCUT2D eigenvalue weighted by molar-refractivity contribution is -0.121.